The molecule has 0 atom stereocenters. The summed E-state index contributed by atoms with van der Waals surface area (Å²) in [5, 5.41) is 19.0. The fourth-order valence-electron chi connectivity index (χ4n) is 4.02. The monoisotopic (exact) mass is 546 g/mol. The fraction of sp³-hybridized carbons (Fsp3) is 0.179. The van der Waals surface area contributed by atoms with Crippen molar-refractivity contribution in [1.82, 2.24) is 4.90 Å². The third-order valence-corrected chi connectivity index (χ3v) is 5.91. The van der Waals surface area contributed by atoms with Gasteiger partial charge in [0, 0.05) is 11.6 Å². The fourth-order valence-corrected chi connectivity index (χ4v) is 4.02. The number of aliphatic hydroxyl groups is 1. The van der Waals surface area contributed by atoms with E-state index in [9.17, 15) is 19.5 Å². The number of hydrogen-bond acceptors (Lipinski definition) is 7. The number of azo groups is 1. The third kappa shape index (κ3) is 5.69. The van der Waals surface area contributed by atoms with Gasteiger partial charge in [-0.25, -0.2) is 4.79 Å². The maximum Gasteiger partial charge on any atom is 2.00 e. The molecular weight excluding hydrogens is 522 g/mol. The molecule has 3 aromatic carbocycles. The maximum atomic E-state index is 13.2. The summed E-state index contributed by atoms with van der Waals surface area (Å²) in [6.07, 6.45) is 1.25. The number of imide groups is 1. The van der Waals surface area contributed by atoms with E-state index in [4.69, 9.17) is 4.74 Å². The Morgan fingerprint density at radius 1 is 0.892 bits per heavy atom. The summed E-state index contributed by atoms with van der Waals surface area (Å²) in [4.78, 5) is 40.4. The second-order valence-electron chi connectivity index (χ2n) is 8.12. The van der Waals surface area contributed by atoms with Crippen LogP contribution in [0.15, 0.2) is 94.8 Å². The van der Waals surface area contributed by atoms with Gasteiger partial charge in [0.1, 0.15) is 5.75 Å². The van der Waals surface area contributed by atoms with Crippen molar-refractivity contribution in [3.8, 4) is 5.75 Å². The molecule has 4 rings (SSSR count). The van der Waals surface area contributed by atoms with Crippen LogP contribution >= 0.6 is 0 Å². The van der Waals surface area contributed by atoms with Gasteiger partial charge in [-0.1, -0.05) is 68.4 Å². The maximum absolute atomic E-state index is 13.2. The third-order valence-electron chi connectivity index (χ3n) is 5.91. The minimum atomic E-state index is -0.931. The SMILES string of the molecule is CCC(CC)N1C(=O)c2cccc(N=NC(C(=O)Oc3ccccc3)=C(O)c3ccccc3)c2C1=O.[Cu+2]. The van der Waals surface area contributed by atoms with Gasteiger partial charge in [0.15, 0.2) is 5.76 Å². The van der Waals surface area contributed by atoms with E-state index in [1.165, 1.54) is 11.0 Å². The van der Waals surface area contributed by atoms with Crippen molar-refractivity contribution >= 4 is 29.2 Å². The molecule has 191 valence electrons. The van der Waals surface area contributed by atoms with Gasteiger partial charge in [0.05, 0.1) is 16.8 Å². The normalized spacial score (nSPS) is 13.4. The molecule has 1 aliphatic rings. The number of ether oxygens (including phenoxy) is 1. The summed E-state index contributed by atoms with van der Waals surface area (Å²) in [5.74, 6) is -1.94. The van der Waals surface area contributed by atoms with Crippen LogP contribution in [0.4, 0.5) is 5.69 Å². The number of amides is 2. The number of carbonyl (C=O) groups excluding carboxylic acids is 3. The number of hydrogen-bond donors (Lipinski definition) is 1. The van der Waals surface area contributed by atoms with E-state index in [2.05, 4.69) is 10.2 Å². The zero-order valence-corrected chi connectivity index (χ0v) is 21.2. The summed E-state index contributed by atoms with van der Waals surface area (Å²) < 4.78 is 5.38. The van der Waals surface area contributed by atoms with Crippen molar-refractivity contribution in [2.24, 2.45) is 10.2 Å². The molecule has 37 heavy (non-hydrogen) atoms. The Kier molecular flexibility index (Phi) is 9.11. The predicted molar refractivity (Wildman–Crippen MR) is 134 cm³/mol. The minimum Gasteiger partial charge on any atom is -0.505 e. The van der Waals surface area contributed by atoms with Crippen molar-refractivity contribution in [2.45, 2.75) is 32.7 Å². The summed E-state index contributed by atoms with van der Waals surface area (Å²) in [6, 6.07) is 21.2. The van der Waals surface area contributed by atoms with Crippen LogP contribution in [0.1, 0.15) is 53.0 Å². The van der Waals surface area contributed by atoms with Gasteiger partial charge < -0.3 is 9.84 Å². The molecule has 1 radical (unpaired) electrons. The van der Waals surface area contributed by atoms with Crippen LogP contribution in [0.3, 0.4) is 0 Å². The summed E-state index contributed by atoms with van der Waals surface area (Å²) in [7, 11) is 0. The minimum absolute atomic E-state index is 0. The molecular formula is C28H25CuN3O5+2. The Bertz CT molecular complexity index is 1350. The Morgan fingerprint density at radius 3 is 2.14 bits per heavy atom. The van der Waals surface area contributed by atoms with Gasteiger partial charge in [0.25, 0.3) is 11.8 Å². The van der Waals surface area contributed by atoms with Gasteiger partial charge in [0.2, 0.25) is 5.70 Å². The van der Waals surface area contributed by atoms with Crippen LogP contribution in [-0.2, 0) is 21.9 Å². The first-order valence-electron chi connectivity index (χ1n) is 11.6. The largest absolute Gasteiger partial charge is 2.00 e. The first-order valence-corrected chi connectivity index (χ1v) is 11.6. The van der Waals surface area contributed by atoms with E-state index in [1.54, 1.807) is 72.8 Å². The molecule has 0 fully saturated rings. The average molecular weight is 547 g/mol. The number of rotatable bonds is 8. The molecule has 8 nitrogen and oxygen atoms in total. The van der Waals surface area contributed by atoms with Crippen LogP contribution in [0.5, 0.6) is 5.75 Å². The number of aliphatic hydroxyl groups excluding tert-OH is 1. The van der Waals surface area contributed by atoms with Gasteiger partial charge in [-0.05, 0) is 37.1 Å². The molecule has 0 unspecified atom stereocenters. The average Bonchev–Trinajstić information content (AvgIpc) is 3.16. The quantitative estimate of drug-likeness (QED) is 0.0700. The number of para-hydroxylation sites is 1. The van der Waals surface area contributed by atoms with Crippen molar-refractivity contribution in [2.75, 3.05) is 0 Å². The Labute approximate surface area is 225 Å². The molecule has 0 spiro atoms. The molecule has 0 saturated carbocycles. The topological polar surface area (TPSA) is 109 Å². The van der Waals surface area contributed by atoms with Crippen LogP contribution < -0.4 is 4.74 Å². The zero-order chi connectivity index (χ0) is 25.7. The second-order valence-corrected chi connectivity index (χ2v) is 8.12. The predicted octanol–water partition coefficient (Wildman–Crippen LogP) is 6.08. The standard InChI is InChI=1S/C28H25N3O5.Cu/c1-3-19(4-2)31-26(33)21-16-11-17-22(23(21)27(31)34)29-30-24(25(32)18-12-7-5-8-13-18)28(35)36-20-14-9-6-10-15-20;/h5-17,19,32H,3-4H2,1-2H3;/q;+2. The molecule has 0 aliphatic carbocycles. The van der Waals surface area contributed by atoms with E-state index < -0.39 is 23.3 Å². The van der Waals surface area contributed by atoms with E-state index in [0.29, 0.717) is 18.4 Å². The number of nitrogens with zero attached hydrogens (tertiary/aromatic N) is 3. The summed E-state index contributed by atoms with van der Waals surface area (Å²) in [6.45, 7) is 3.83. The number of fused-ring (bicyclic) bond motifs is 1. The molecule has 0 bridgehead atoms. The molecule has 2 amide bonds. The molecule has 0 saturated heterocycles. The first kappa shape index (κ1) is 27.5. The van der Waals surface area contributed by atoms with E-state index >= 15 is 0 Å². The number of esters is 1. The van der Waals surface area contributed by atoms with Crippen molar-refractivity contribution in [3.05, 3.63) is 101 Å². The molecule has 3 aromatic rings. The van der Waals surface area contributed by atoms with Gasteiger partial charge in [-0.3, -0.25) is 14.5 Å². The van der Waals surface area contributed by atoms with Crippen molar-refractivity contribution in [1.29, 1.82) is 0 Å². The first-order chi connectivity index (χ1) is 17.5. The van der Waals surface area contributed by atoms with Crippen molar-refractivity contribution in [3.63, 3.8) is 0 Å². The van der Waals surface area contributed by atoms with E-state index in [-0.39, 0.29) is 51.6 Å². The number of benzene rings is 3. The van der Waals surface area contributed by atoms with Gasteiger partial charge in [-0.15, -0.1) is 10.2 Å². The van der Waals surface area contributed by atoms with E-state index in [0.717, 1.165) is 0 Å². The Hall–Kier alpha value is -4.07. The van der Waals surface area contributed by atoms with Crippen molar-refractivity contribution < 1.29 is 41.3 Å². The number of carbonyl (C=O) groups is 3. The van der Waals surface area contributed by atoms with Crippen LogP contribution in [0, 0.1) is 0 Å². The smallest absolute Gasteiger partial charge is 0.505 e. The van der Waals surface area contributed by atoms with Gasteiger partial charge >= 0.3 is 23.0 Å². The summed E-state index contributed by atoms with van der Waals surface area (Å²) in [5.41, 5.74) is 0.350. The Balaban J connectivity index is 0.00000380. The zero-order valence-electron chi connectivity index (χ0n) is 20.2. The molecule has 1 heterocycles. The summed E-state index contributed by atoms with van der Waals surface area (Å²) >= 11 is 0. The second kappa shape index (κ2) is 12.3. The van der Waals surface area contributed by atoms with Crippen LogP contribution in [-0.4, -0.2) is 33.8 Å². The molecule has 1 aliphatic heterocycles. The van der Waals surface area contributed by atoms with Crippen LogP contribution in [0.2, 0.25) is 0 Å². The molecule has 0 aromatic heterocycles. The van der Waals surface area contributed by atoms with Crippen LogP contribution in [0.25, 0.3) is 5.76 Å². The molecule has 1 N–H and O–H groups in total. The Morgan fingerprint density at radius 2 is 1.51 bits per heavy atom. The van der Waals surface area contributed by atoms with E-state index in [1.807, 2.05) is 13.8 Å². The van der Waals surface area contributed by atoms with Gasteiger partial charge in [-0.2, -0.15) is 0 Å². The molecule has 9 heteroatoms.